The Labute approximate surface area is 118 Å². The number of aliphatic hydroxyl groups excluding tert-OH is 1. The summed E-state index contributed by atoms with van der Waals surface area (Å²) in [6, 6.07) is 7.66. The van der Waals surface area contributed by atoms with Crippen molar-refractivity contribution < 1.29 is 18.7 Å². The van der Waals surface area contributed by atoms with Crippen LogP contribution in [-0.2, 0) is 11.2 Å². The largest absolute Gasteiger partial charge is 0.385 e. The molecule has 2 aromatic rings. The topological polar surface area (TPSA) is 62.2 Å². The van der Waals surface area contributed by atoms with Crippen molar-refractivity contribution in [2.45, 2.75) is 25.4 Å². The summed E-state index contributed by atoms with van der Waals surface area (Å²) in [6.45, 7) is -0.434. The maximum atomic E-state index is 12.0. The monoisotopic (exact) mass is 300 g/mol. The van der Waals surface area contributed by atoms with Crippen LogP contribution in [0.1, 0.15) is 11.4 Å². The van der Waals surface area contributed by atoms with Crippen LogP contribution in [-0.4, -0.2) is 35.1 Å². The Balaban J connectivity index is 1.81. The van der Waals surface area contributed by atoms with Crippen molar-refractivity contribution in [2.24, 2.45) is 0 Å². The first-order valence-corrected chi connectivity index (χ1v) is 6.95. The molecule has 0 aliphatic rings. The van der Waals surface area contributed by atoms with E-state index >= 15 is 0 Å². The molecule has 0 saturated heterocycles. The van der Waals surface area contributed by atoms with E-state index in [9.17, 15) is 13.6 Å². The molecular weight excluding hydrogens is 286 g/mol. The van der Waals surface area contributed by atoms with Crippen LogP contribution >= 0.6 is 11.3 Å². The number of nitrogens with one attached hydrogen (secondary N) is 1. The molecule has 108 valence electrons. The van der Waals surface area contributed by atoms with Crippen molar-refractivity contribution in [2.75, 3.05) is 6.54 Å². The summed E-state index contributed by atoms with van der Waals surface area (Å²) in [5.74, 6) is -0.371. The Morgan fingerprint density at radius 1 is 1.40 bits per heavy atom. The summed E-state index contributed by atoms with van der Waals surface area (Å²) in [5, 5.41) is 12.0. The van der Waals surface area contributed by atoms with E-state index in [0.717, 1.165) is 15.2 Å². The SMILES string of the molecule is O=C(CCc1nc2ccccc2s1)NCC(O)C(F)F. The lowest BCUT2D eigenvalue weighted by molar-refractivity contribution is -0.122. The second-order valence-electron chi connectivity index (χ2n) is 4.28. The molecule has 1 unspecified atom stereocenters. The van der Waals surface area contributed by atoms with Gasteiger partial charge in [0.15, 0.2) is 0 Å². The number of carbonyl (C=O) groups is 1. The standard InChI is InChI=1S/C13H14F2N2O2S/c14-13(15)9(18)7-16-11(19)5-6-12-17-8-3-1-2-4-10(8)20-12/h1-4,9,13,18H,5-7H2,(H,16,19). The van der Waals surface area contributed by atoms with Crippen LogP contribution < -0.4 is 5.32 Å². The first-order valence-electron chi connectivity index (χ1n) is 6.13. The molecule has 0 aliphatic heterocycles. The van der Waals surface area contributed by atoms with Gasteiger partial charge in [0, 0.05) is 19.4 Å². The third-order valence-electron chi connectivity index (χ3n) is 2.70. The number of nitrogens with zero attached hydrogens (tertiary/aromatic N) is 1. The van der Waals surface area contributed by atoms with Crippen molar-refractivity contribution in [1.82, 2.24) is 10.3 Å². The summed E-state index contributed by atoms with van der Waals surface area (Å²) in [4.78, 5) is 15.8. The zero-order chi connectivity index (χ0) is 14.5. The third-order valence-corrected chi connectivity index (χ3v) is 3.80. The van der Waals surface area contributed by atoms with Gasteiger partial charge in [0.1, 0.15) is 6.10 Å². The molecule has 0 saturated carbocycles. The summed E-state index contributed by atoms with van der Waals surface area (Å²) in [7, 11) is 0. The average molecular weight is 300 g/mol. The smallest absolute Gasteiger partial charge is 0.265 e. The van der Waals surface area contributed by atoms with Gasteiger partial charge in [-0.25, -0.2) is 13.8 Å². The zero-order valence-corrected chi connectivity index (χ0v) is 11.4. The van der Waals surface area contributed by atoms with Gasteiger partial charge in [-0.15, -0.1) is 11.3 Å². The van der Waals surface area contributed by atoms with Crippen molar-refractivity contribution in [3.63, 3.8) is 0 Å². The number of alkyl halides is 2. The number of aromatic nitrogens is 1. The number of benzene rings is 1. The number of halogens is 2. The lowest BCUT2D eigenvalue weighted by Gasteiger charge is -2.10. The first-order chi connectivity index (χ1) is 9.56. The Morgan fingerprint density at radius 3 is 2.85 bits per heavy atom. The van der Waals surface area contributed by atoms with Gasteiger partial charge in [0.2, 0.25) is 5.91 Å². The van der Waals surface area contributed by atoms with Crippen LogP contribution in [0.4, 0.5) is 8.78 Å². The molecule has 4 nitrogen and oxygen atoms in total. The second kappa shape index (κ2) is 6.71. The molecule has 0 fully saturated rings. The van der Waals surface area contributed by atoms with Crippen molar-refractivity contribution in [3.05, 3.63) is 29.3 Å². The Hall–Kier alpha value is -1.60. The van der Waals surface area contributed by atoms with E-state index in [4.69, 9.17) is 5.11 Å². The van der Waals surface area contributed by atoms with Gasteiger partial charge in [-0.3, -0.25) is 4.79 Å². The van der Waals surface area contributed by atoms with E-state index in [1.807, 2.05) is 24.3 Å². The summed E-state index contributed by atoms with van der Waals surface area (Å²) in [6.07, 6.45) is -4.05. The predicted octanol–water partition coefficient (Wildman–Crippen LogP) is 1.97. The van der Waals surface area contributed by atoms with Crippen LogP contribution in [0.2, 0.25) is 0 Å². The number of rotatable bonds is 6. The maximum Gasteiger partial charge on any atom is 0.265 e. The van der Waals surface area contributed by atoms with E-state index in [0.29, 0.717) is 6.42 Å². The van der Waals surface area contributed by atoms with Crippen LogP contribution in [0.3, 0.4) is 0 Å². The predicted molar refractivity (Wildman–Crippen MR) is 73.0 cm³/mol. The zero-order valence-electron chi connectivity index (χ0n) is 10.6. The van der Waals surface area contributed by atoms with Crippen molar-refractivity contribution >= 4 is 27.5 Å². The minimum Gasteiger partial charge on any atom is -0.385 e. The molecule has 2 N–H and O–H groups in total. The van der Waals surface area contributed by atoms with Crippen LogP contribution in [0, 0.1) is 0 Å². The van der Waals surface area contributed by atoms with Gasteiger partial charge in [-0.1, -0.05) is 12.1 Å². The molecule has 1 atom stereocenters. The second-order valence-corrected chi connectivity index (χ2v) is 5.40. The van der Waals surface area contributed by atoms with Crippen LogP contribution in [0.5, 0.6) is 0 Å². The molecule has 0 bridgehead atoms. The fourth-order valence-electron chi connectivity index (χ4n) is 1.64. The van der Waals surface area contributed by atoms with E-state index < -0.39 is 19.1 Å². The molecule has 20 heavy (non-hydrogen) atoms. The third kappa shape index (κ3) is 3.94. The molecule has 1 aromatic heterocycles. The van der Waals surface area contributed by atoms with Crippen LogP contribution in [0.25, 0.3) is 10.2 Å². The highest BCUT2D eigenvalue weighted by molar-refractivity contribution is 7.18. The minimum atomic E-state index is -2.85. The molecule has 7 heteroatoms. The number of aryl methyl sites for hydroxylation is 1. The molecule has 2 rings (SSSR count). The molecule has 1 heterocycles. The Morgan fingerprint density at radius 2 is 2.15 bits per heavy atom. The van der Waals surface area contributed by atoms with E-state index in [2.05, 4.69) is 10.3 Å². The molecule has 0 aliphatic carbocycles. The number of thiazole rings is 1. The van der Waals surface area contributed by atoms with Crippen LogP contribution in [0.15, 0.2) is 24.3 Å². The van der Waals surface area contributed by atoms with Gasteiger partial charge >= 0.3 is 0 Å². The number of fused-ring (bicyclic) bond motifs is 1. The van der Waals surface area contributed by atoms with Gasteiger partial charge in [-0.05, 0) is 12.1 Å². The maximum absolute atomic E-state index is 12.0. The molecular formula is C13H14F2N2O2S. The summed E-state index contributed by atoms with van der Waals surface area (Å²) >= 11 is 1.51. The van der Waals surface area contributed by atoms with E-state index in [1.165, 1.54) is 11.3 Å². The van der Waals surface area contributed by atoms with Gasteiger partial charge in [0.25, 0.3) is 6.43 Å². The highest BCUT2D eigenvalue weighted by Crippen LogP contribution is 2.22. The number of hydrogen-bond acceptors (Lipinski definition) is 4. The highest BCUT2D eigenvalue weighted by atomic mass is 32.1. The van der Waals surface area contributed by atoms with Crippen molar-refractivity contribution in [1.29, 1.82) is 0 Å². The number of amides is 1. The van der Waals surface area contributed by atoms with E-state index in [-0.39, 0.29) is 12.3 Å². The van der Waals surface area contributed by atoms with Crippen molar-refractivity contribution in [3.8, 4) is 0 Å². The number of hydrogen-bond donors (Lipinski definition) is 2. The Bertz CT molecular complexity index is 556. The highest BCUT2D eigenvalue weighted by Gasteiger charge is 2.17. The average Bonchev–Trinajstić information content (AvgIpc) is 2.85. The van der Waals surface area contributed by atoms with Gasteiger partial charge in [-0.2, -0.15) is 0 Å². The molecule has 0 radical (unpaired) electrons. The number of aliphatic hydroxyl groups is 1. The lowest BCUT2D eigenvalue weighted by atomic mass is 10.3. The number of carbonyl (C=O) groups excluding carboxylic acids is 1. The van der Waals surface area contributed by atoms with Gasteiger partial charge < -0.3 is 10.4 Å². The first kappa shape index (κ1) is 14.8. The summed E-state index contributed by atoms with van der Waals surface area (Å²) in [5.41, 5.74) is 0.890. The van der Waals surface area contributed by atoms with Gasteiger partial charge in [0.05, 0.1) is 15.2 Å². The molecule has 1 amide bonds. The Kier molecular flexibility index (Phi) is 4.97. The summed E-state index contributed by atoms with van der Waals surface area (Å²) < 4.78 is 25.1. The quantitative estimate of drug-likeness (QED) is 0.857. The lowest BCUT2D eigenvalue weighted by Crippen LogP contribution is -2.35. The normalized spacial score (nSPS) is 12.8. The number of para-hydroxylation sites is 1. The fraction of sp³-hybridized carbons (Fsp3) is 0.385. The minimum absolute atomic E-state index is 0.162. The molecule has 0 spiro atoms. The molecule has 1 aromatic carbocycles. The van der Waals surface area contributed by atoms with E-state index in [1.54, 1.807) is 0 Å². The fourth-order valence-corrected chi connectivity index (χ4v) is 2.61.